The molecule has 1 aliphatic rings. The largest absolute Gasteiger partial charge is 0.494 e. The molecular weight excluding hydrogens is 398 g/mol. The summed E-state index contributed by atoms with van der Waals surface area (Å²) < 4.78 is 8.17. The number of hydrogen-bond donors (Lipinski definition) is 0. The Labute approximate surface area is 181 Å². The van der Waals surface area contributed by atoms with Crippen molar-refractivity contribution in [3.8, 4) is 5.75 Å². The third kappa shape index (κ3) is 4.21. The monoisotopic (exact) mass is 423 g/mol. The van der Waals surface area contributed by atoms with Crippen molar-refractivity contribution in [2.75, 3.05) is 19.7 Å². The smallest absolute Gasteiger partial charge is 0.223 e. The van der Waals surface area contributed by atoms with Gasteiger partial charge in [0.2, 0.25) is 5.91 Å². The lowest BCUT2D eigenvalue weighted by Gasteiger charge is -2.16. The predicted octanol–water partition coefficient (Wildman–Crippen LogP) is 4.97. The summed E-state index contributed by atoms with van der Waals surface area (Å²) in [5.74, 6) is 2.08. The molecule has 1 saturated heterocycles. The van der Waals surface area contributed by atoms with Gasteiger partial charge in [-0.15, -0.1) is 6.58 Å². The van der Waals surface area contributed by atoms with Crippen LogP contribution in [0.5, 0.6) is 5.75 Å². The van der Waals surface area contributed by atoms with Crippen LogP contribution in [-0.2, 0) is 11.3 Å². The third-order valence-electron chi connectivity index (χ3n) is 5.54. The van der Waals surface area contributed by atoms with Crippen LogP contribution in [-0.4, -0.2) is 40.1 Å². The molecule has 0 bridgehead atoms. The number of rotatable bonds is 8. The van der Waals surface area contributed by atoms with Crippen LogP contribution in [0.3, 0.4) is 0 Å². The molecule has 156 valence electrons. The van der Waals surface area contributed by atoms with E-state index in [1.165, 1.54) is 0 Å². The molecule has 0 radical (unpaired) electrons. The van der Waals surface area contributed by atoms with E-state index >= 15 is 0 Å². The Hall–Kier alpha value is -2.79. The van der Waals surface area contributed by atoms with Crippen molar-refractivity contribution in [3.05, 3.63) is 71.5 Å². The lowest BCUT2D eigenvalue weighted by molar-refractivity contribution is -0.127. The second-order valence-corrected chi connectivity index (χ2v) is 8.12. The van der Waals surface area contributed by atoms with Gasteiger partial charge in [-0.1, -0.05) is 29.8 Å². The first-order chi connectivity index (χ1) is 14.6. The van der Waals surface area contributed by atoms with Gasteiger partial charge < -0.3 is 14.2 Å². The van der Waals surface area contributed by atoms with E-state index < -0.39 is 0 Å². The van der Waals surface area contributed by atoms with Crippen molar-refractivity contribution in [3.63, 3.8) is 0 Å². The zero-order valence-electron chi connectivity index (χ0n) is 17.2. The maximum Gasteiger partial charge on any atom is 0.223 e. The Morgan fingerprint density at radius 3 is 2.93 bits per heavy atom. The molecule has 0 saturated carbocycles. The van der Waals surface area contributed by atoms with Crippen LogP contribution in [0.4, 0.5) is 0 Å². The number of fused-ring (bicyclic) bond motifs is 1. The summed E-state index contributed by atoms with van der Waals surface area (Å²) in [5, 5.41) is 0.744. The summed E-state index contributed by atoms with van der Waals surface area (Å²) in [4.78, 5) is 19.1. The second-order valence-electron chi connectivity index (χ2n) is 7.71. The van der Waals surface area contributed by atoms with Crippen LogP contribution in [0.2, 0.25) is 5.02 Å². The summed E-state index contributed by atoms with van der Waals surface area (Å²) in [6, 6.07) is 13.9. The van der Waals surface area contributed by atoms with Gasteiger partial charge in [0.1, 0.15) is 11.6 Å². The molecule has 1 amide bonds. The minimum atomic E-state index is 0.102. The van der Waals surface area contributed by atoms with Crippen LogP contribution in [0, 0.1) is 6.92 Å². The highest BCUT2D eigenvalue weighted by atomic mass is 35.5. The number of benzene rings is 2. The molecular formula is C24H26ClN3O2. The first-order valence-electron chi connectivity index (χ1n) is 10.3. The van der Waals surface area contributed by atoms with E-state index in [-0.39, 0.29) is 11.8 Å². The molecule has 1 atom stereocenters. The van der Waals surface area contributed by atoms with E-state index in [0.29, 0.717) is 26.1 Å². The maximum absolute atomic E-state index is 12.4. The topological polar surface area (TPSA) is 47.4 Å². The van der Waals surface area contributed by atoms with Gasteiger partial charge in [0, 0.05) is 37.0 Å². The zero-order valence-corrected chi connectivity index (χ0v) is 17.9. The van der Waals surface area contributed by atoms with Crippen LogP contribution in [0.15, 0.2) is 55.1 Å². The van der Waals surface area contributed by atoms with E-state index in [4.69, 9.17) is 21.3 Å². The van der Waals surface area contributed by atoms with Gasteiger partial charge in [-0.05, 0) is 49.2 Å². The number of carbonyl (C=O) groups excluding carboxylic acids is 1. The average molecular weight is 424 g/mol. The number of imidazole rings is 1. The normalized spacial score (nSPS) is 16.4. The zero-order chi connectivity index (χ0) is 21.1. The fourth-order valence-electron chi connectivity index (χ4n) is 4.04. The molecule has 0 aliphatic carbocycles. The molecule has 0 N–H and O–H groups in total. The number of aryl methyl sites for hydroxylation is 2. The Balaban J connectivity index is 1.48. The molecule has 1 fully saturated rings. The molecule has 3 aromatic rings. The lowest BCUT2D eigenvalue weighted by Crippen LogP contribution is -2.25. The van der Waals surface area contributed by atoms with Gasteiger partial charge in [-0.3, -0.25) is 4.79 Å². The Bertz CT molecular complexity index is 1080. The minimum Gasteiger partial charge on any atom is -0.494 e. The molecule has 1 aliphatic heterocycles. The highest BCUT2D eigenvalue weighted by Crippen LogP contribution is 2.30. The molecule has 2 heterocycles. The van der Waals surface area contributed by atoms with Crippen molar-refractivity contribution in [2.24, 2.45) is 0 Å². The molecule has 1 unspecified atom stereocenters. The van der Waals surface area contributed by atoms with E-state index in [1.54, 1.807) is 6.08 Å². The minimum absolute atomic E-state index is 0.102. The number of ether oxygens (including phenoxy) is 1. The van der Waals surface area contributed by atoms with E-state index in [9.17, 15) is 4.79 Å². The fourth-order valence-corrected chi connectivity index (χ4v) is 4.16. The molecule has 6 heteroatoms. The molecule has 2 aromatic carbocycles. The summed E-state index contributed by atoms with van der Waals surface area (Å²) in [6.45, 7) is 8.39. The molecule has 30 heavy (non-hydrogen) atoms. The van der Waals surface area contributed by atoms with Gasteiger partial charge in [0.05, 0.1) is 17.6 Å². The summed E-state index contributed by atoms with van der Waals surface area (Å²) >= 11 is 6.09. The number of amides is 1. The number of nitrogens with zero attached hydrogens (tertiary/aromatic N) is 3. The first kappa shape index (κ1) is 20.5. The Morgan fingerprint density at radius 2 is 2.13 bits per heavy atom. The molecule has 0 spiro atoms. The molecule has 1 aromatic heterocycles. The quantitative estimate of drug-likeness (QED) is 0.379. The molecule has 4 rings (SSSR count). The second kappa shape index (κ2) is 8.92. The van der Waals surface area contributed by atoms with Gasteiger partial charge in [0.25, 0.3) is 0 Å². The number of para-hydroxylation sites is 2. The Kier molecular flexibility index (Phi) is 6.09. The standard InChI is InChI=1S/C24H26ClN3O2/c1-3-11-27-16-18(15-23(27)29)24-26-21-7-4-5-8-22(21)28(24)12-6-13-30-19-9-10-20(25)17(2)14-19/h3-5,7-10,14,18H,1,6,11-13,15-16H2,2H3. The first-order valence-corrected chi connectivity index (χ1v) is 10.7. The highest BCUT2D eigenvalue weighted by molar-refractivity contribution is 6.31. The van der Waals surface area contributed by atoms with Crippen molar-refractivity contribution in [1.29, 1.82) is 0 Å². The van der Waals surface area contributed by atoms with Crippen LogP contribution < -0.4 is 4.74 Å². The van der Waals surface area contributed by atoms with E-state index in [2.05, 4.69) is 17.2 Å². The fraction of sp³-hybridized carbons (Fsp3) is 0.333. The van der Waals surface area contributed by atoms with Gasteiger partial charge in [-0.2, -0.15) is 0 Å². The van der Waals surface area contributed by atoms with E-state index in [0.717, 1.165) is 46.2 Å². The lowest BCUT2D eigenvalue weighted by atomic mass is 10.1. The van der Waals surface area contributed by atoms with Gasteiger partial charge in [0.15, 0.2) is 0 Å². The van der Waals surface area contributed by atoms with Gasteiger partial charge in [-0.25, -0.2) is 4.98 Å². The average Bonchev–Trinajstić information content (AvgIpc) is 3.29. The van der Waals surface area contributed by atoms with Crippen LogP contribution >= 0.6 is 11.6 Å². The van der Waals surface area contributed by atoms with Crippen molar-refractivity contribution in [1.82, 2.24) is 14.5 Å². The summed E-state index contributed by atoms with van der Waals surface area (Å²) in [6.07, 6.45) is 3.11. The maximum atomic E-state index is 12.4. The highest BCUT2D eigenvalue weighted by Gasteiger charge is 2.33. The summed E-state index contributed by atoms with van der Waals surface area (Å²) in [5.41, 5.74) is 3.08. The number of halogens is 1. The van der Waals surface area contributed by atoms with Crippen molar-refractivity contribution >= 4 is 28.5 Å². The number of likely N-dealkylation sites (tertiary alicyclic amines) is 1. The molecule has 5 nitrogen and oxygen atoms in total. The number of carbonyl (C=O) groups is 1. The Morgan fingerprint density at radius 1 is 1.30 bits per heavy atom. The van der Waals surface area contributed by atoms with Crippen LogP contribution in [0.25, 0.3) is 11.0 Å². The van der Waals surface area contributed by atoms with Crippen LogP contribution in [0.1, 0.15) is 30.1 Å². The predicted molar refractivity (Wildman–Crippen MR) is 120 cm³/mol. The van der Waals surface area contributed by atoms with E-state index in [1.807, 2.05) is 48.2 Å². The summed E-state index contributed by atoms with van der Waals surface area (Å²) in [7, 11) is 0. The SMILES string of the molecule is C=CCN1CC(c2nc3ccccc3n2CCCOc2ccc(Cl)c(C)c2)CC1=O. The number of aromatic nitrogens is 2. The van der Waals surface area contributed by atoms with Crippen molar-refractivity contribution in [2.45, 2.75) is 32.2 Å². The third-order valence-corrected chi connectivity index (χ3v) is 5.96. The van der Waals surface area contributed by atoms with Crippen molar-refractivity contribution < 1.29 is 9.53 Å². The van der Waals surface area contributed by atoms with Gasteiger partial charge >= 0.3 is 0 Å². The number of hydrogen-bond acceptors (Lipinski definition) is 3.